The standard InChI is InChI=1S/C26H37FN2O9/c1-14(2)10-12-34-18-9-11-29(25(33)28-18)21-19(36-23(31)16(5)6)20(37-24(32)17(7)8)26(27,38-21)13-35-22(30)15(3)4/h9-11,15-17,19-21H,12-13H2,1-8H3/t19-,20+,21-,26-/m1/s1. The quantitative estimate of drug-likeness (QED) is 0.234. The van der Waals surface area contributed by atoms with Crippen molar-refractivity contribution in [1.82, 2.24) is 9.55 Å². The van der Waals surface area contributed by atoms with E-state index in [2.05, 4.69) is 4.98 Å². The van der Waals surface area contributed by atoms with Crippen molar-refractivity contribution in [2.75, 3.05) is 13.2 Å². The van der Waals surface area contributed by atoms with Gasteiger partial charge in [-0.3, -0.25) is 19.0 Å². The van der Waals surface area contributed by atoms with E-state index in [-0.39, 0.29) is 12.5 Å². The van der Waals surface area contributed by atoms with Crippen molar-refractivity contribution < 1.29 is 42.5 Å². The van der Waals surface area contributed by atoms with Gasteiger partial charge >= 0.3 is 23.6 Å². The molecule has 0 saturated carbocycles. The Morgan fingerprint density at radius 3 is 2.16 bits per heavy atom. The summed E-state index contributed by atoms with van der Waals surface area (Å²) in [5, 5.41) is 0. The third-order valence-electron chi connectivity index (χ3n) is 5.44. The van der Waals surface area contributed by atoms with Crippen LogP contribution >= 0.6 is 0 Å². The zero-order valence-corrected chi connectivity index (χ0v) is 23.1. The Balaban J connectivity index is 2.52. The van der Waals surface area contributed by atoms with Crippen LogP contribution in [0.1, 0.15) is 61.6 Å². The third kappa shape index (κ3) is 7.86. The van der Waals surface area contributed by atoms with Crippen LogP contribution in [0.25, 0.3) is 0 Å². The number of carbonyl (C=O) groups excluding carboxylic acids is 3. The lowest BCUT2D eigenvalue weighted by atomic mass is 10.1. The average Bonchev–Trinajstić information content (AvgIpc) is 3.08. The van der Waals surface area contributed by atoms with E-state index >= 15 is 4.39 Å². The molecule has 12 heteroatoms. The largest absolute Gasteiger partial charge is 0.473 e. The van der Waals surface area contributed by atoms with Gasteiger partial charge in [0.05, 0.1) is 17.8 Å². The minimum absolute atomic E-state index is 0.0117. The minimum Gasteiger partial charge on any atom is -0.473 e. The van der Waals surface area contributed by atoms with Gasteiger partial charge in [-0.1, -0.05) is 47.1 Å². The lowest BCUT2D eigenvalue weighted by Gasteiger charge is -2.28. The number of allylic oxidation sites excluding steroid dienone is 1. The molecule has 212 valence electrons. The van der Waals surface area contributed by atoms with Gasteiger partial charge in [-0.2, -0.15) is 4.98 Å². The Morgan fingerprint density at radius 1 is 1.05 bits per heavy atom. The zero-order chi connectivity index (χ0) is 28.8. The lowest BCUT2D eigenvalue weighted by molar-refractivity contribution is -0.226. The molecule has 4 atom stereocenters. The van der Waals surface area contributed by atoms with Crippen LogP contribution in [0.3, 0.4) is 0 Å². The average molecular weight is 541 g/mol. The first-order valence-electron chi connectivity index (χ1n) is 12.5. The van der Waals surface area contributed by atoms with Crippen molar-refractivity contribution in [1.29, 1.82) is 0 Å². The maximum absolute atomic E-state index is 16.4. The van der Waals surface area contributed by atoms with Crippen LogP contribution in [0, 0.1) is 17.8 Å². The first-order chi connectivity index (χ1) is 17.7. The van der Waals surface area contributed by atoms with Gasteiger partial charge < -0.3 is 23.7 Å². The number of esters is 3. The number of carbonyl (C=O) groups is 3. The molecule has 0 bridgehead atoms. The molecule has 1 aromatic rings. The Bertz CT molecular complexity index is 1090. The third-order valence-corrected chi connectivity index (χ3v) is 5.44. The second-order valence-electron chi connectivity index (χ2n) is 10.2. The number of nitrogens with zero attached hydrogens (tertiary/aromatic N) is 2. The van der Waals surface area contributed by atoms with Crippen LogP contribution in [0.2, 0.25) is 0 Å². The predicted molar refractivity (Wildman–Crippen MR) is 133 cm³/mol. The summed E-state index contributed by atoms with van der Waals surface area (Å²) in [6.07, 6.45) is -2.03. The summed E-state index contributed by atoms with van der Waals surface area (Å²) in [6.45, 7) is 12.3. The van der Waals surface area contributed by atoms with Gasteiger partial charge in [-0.25, -0.2) is 9.18 Å². The topological polar surface area (TPSA) is 132 Å². The number of aromatic nitrogens is 2. The number of hydrogen-bond donors (Lipinski definition) is 0. The summed E-state index contributed by atoms with van der Waals surface area (Å²) in [7, 11) is 0. The normalized spacial score (nSPS) is 22.9. The molecule has 11 nitrogen and oxygen atoms in total. The van der Waals surface area contributed by atoms with Gasteiger partial charge in [0.25, 0.3) is 5.85 Å². The summed E-state index contributed by atoms with van der Waals surface area (Å²) in [5.74, 6) is -7.10. The van der Waals surface area contributed by atoms with Crippen molar-refractivity contribution in [3.63, 3.8) is 0 Å². The molecule has 2 heterocycles. The van der Waals surface area contributed by atoms with Gasteiger partial charge in [0.2, 0.25) is 12.0 Å². The first-order valence-corrected chi connectivity index (χ1v) is 12.5. The summed E-state index contributed by atoms with van der Waals surface area (Å²) in [6, 6.07) is 1.36. The molecule has 2 rings (SSSR count). The van der Waals surface area contributed by atoms with E-state index in [1.54, 1.807) is 33.8 Å². The summed E-state index contributed by atoms with van der Waals surface area (Å²) >= 11 is 0. The van der Waals surface area contributed by atoms with E-state index in [9.17, 15) is 19.2 Å². The van der Waals surface area contributed by atoms with E-state index in [1.165, 1.54) is 26.1 Å². The Labute approximate surface area is 221 Å². The highest BCUT2D eigenvalue weighted by Crippen LogP contribution is 2.42. The molecule has 1 aliphatic heterocycles. The predicted octanol–water partition coefficient (Wildman–Crippen LogP) is 3.12. The molecule has 0 unspecified atom stereocenters. The molecule has 1 aliphatic rings. The monoisotopic (exact) mass is 540 g/mol. The minimum atomic E-state index is -2.94. The van der Waals surface area contributed by atoms with Crippen LogP contribution < -0.4 is 10.4 Å². The van der Waals surface area contributed by atoms with Crippen molar-refractivity contribution in [3.05, 3.63) is 34.4 Å². The van der Waals surface area contributed by atoms with Crippen molar-refractivity contribution in [2.45, 2.75) is 79.7 Å². The second-order valence-corrected chi connectivity index (χ2v) is 10.2. The first kappa shape index (κ1) is 30.9. The molecule has 1 saturated heterocycles. The molecular formula is C26H37FN2O9. The highest BCUT2D eigenvalue weighted by molar-refractivity contribution is 5.73. The number of halogens is 1. The van der Waals surface area contributed by atoms with E-state index in [1.807, 2.05) is 13.8 Å². The van der Waals surface area contributed by atoms with Gasteiger partial charge in [0.15, 0.2) is 18.9 Å². The maximum atomic E-state index is 16.4. The number of alkyl halides is 1. The lowest BCUT2D eigenvalue weighted by Crippen LogP contribution is -2.48. The fraction of sp³-hybridized carbons (Fsp3) is 0.654. The summed E-state index contributed by atoms with van der Waals surface area (Å²) in [5.41, 5.74) is 0.111. The van der Waals surface area contributed by atoms with Crippen LogP contribution in [0.4, 0.5) is 4.39 Å². The summed E-state index contributed by atoms with van der Waals surface area (Å²) < 4.78 is 44.2. The maximum Gasteiger partial charge on any atom is 0.353 e. The SMILES string of the molecule is CC(C)=CCOc1ccn([C@@H]2O[C@](F)(COC(=O)C(C)C)[C@@H](OC(=O)C(C)C)[C@H]2OC(=O)C(C)C)c(=O)n1. The molecule has 0 aliphatic carbocycles. The summed E-state index contributed by atoms with van der Waals surface area (Å²) in [4.78, 5) is 53.9. The van der Waals surface area contributed by atoms with Crippen LogP contribution in [-0.4, -0.2) is 58.7 Å². The zero-order valence-electron chi connectivity index (χ0n) is 23.1. The van der Waals surface area contributed by atoms with Crippen LogP contribution in [0.15, 0.2) is 28.7 Å². The molecule has 0 aromatic carbocycles. The molecule has 1 fully saturated rings. The second kappa shape index (κ2) is 13.0. The van der Waals surface area contributed by atoms with Gasteiger partial charge in [-0.05, 0) is 19.9 Å². The fourth-order valence-corrected chi connectivity index (χ4v) is 3.17. The molecule has 0 radical (unpaired) electrons. The van der Waals surface area contributed by atoms with Crippen LogP contribution in [0.5, 0.6) is 5.88 Å². The molecule has 1 aromatic heterocycles. The fourth-order valence-electron chi connectivity index (χ4n) is 3.17. The van der Waals surface area contributed by atoms with E-state index in [4.69, 9.17) is 23.7 Å². The van der Waals surface area contributed by atoms with Crippen LogP contribution in [-0.2, 0) is 33.3 Å². The van der Waals surface area contributed by atoms with Gasteiger partial charge in [0, 0.05) is 12.3 Å². The Hall–Kier alpha value is -3.28. The number of hydrogen-bond acceptors (Lipinski definition) is 10. The van der Waals surface area contributed by atoms with E-state index in [0.29, 0.717) is 0 Å². The highest BCUT2D eigenvalue weighted by Gasteiger charge is 2.62. The highest BCUT2D eigenvalue weighted by atomic mass is 19.2. The smallest absolute Gasteiger partial charge is 0.353 e. The Morgan fingerprint density at radius 2 is 1.63 bits per heavy atom. The van der Waals surface area contributed by atoms with E-state index < -0.39 is 72.2 Å². The van der Waals surface area contributed by atoms with Gasteiger partial charge in [0.1, 0.15) is 6.61 Å². The number of rotatable bonds is 11. The molecule has 38 heavy (non-hydrogen) atoms. The Kier molecular flexibility index (Phi) is 10.6. The van der Waals surface area contributed by atoms with Crippen molar-refractivity contribution in [2.24, 2.45) is 17.8 Å². The number of ether oxygens (including phenoxy) is 5. The molecule has 0 N–H and O–H groups in total. The molecule has 0 spiro atoms. The molecular weight excluding hydrogens is 503 g/mol. The van der Waals surface area contributed by atoms with E-state index in [0.717, 1.165) is 10.1 Å². The molecule has 0 amide bonds. The van der Waals surface area contributed by atoms with Crippen molar-refractivity contribution in [3.8, 4) is 5.88 Å². The van der Waals surface area contributed by atoms with Gasteiger partial charge in [-0.15, -0.1) is 0 Å². The van der Waals surface area contributed by atoms with Crippen molar-refractivity contribution >= 4 is 17.9 Å².